The molecule has 0 aliphatic carbocycles. The molecule has 49 valence electrons. The lowest BCUT2D eigenvalue weighted by atomic mass is 10.2. The lowest BCUT2D eigenvalue weighted by Crippen LogP contribution is -1.88. The van der Waals surface area contributed by atoms with Crippen LogP contribution < -0.4 is 0 Å². The SMILES string of the molecule is CCCCC([SiH2])CC. The van der Waals surface area contributed by atoms with E-state index in [4.69, 9.17) is 0 Å². The van der Waals surface area contributed by atoms with Crippen LogP contribution in [0.3, 0.4) is 0 Å². The molecule has 0 aromatic heterocycles. The number of hydrogen-bond acceptors (Lipinski definition) is 0. The van der Waals surface area contributed by atoms with Crippen molar-refractivity contribution in [3.63, 3.8) is 0 Å². The molecule has 0 aliphatic heterocycles. The van der Waals surface area contributed by atoms with Crippen molar-refractivity contribution in [1.82, 2.24) is 0 Å². The second-order valence-electron chi connectivity index (χ2n) is 2.42. The molecule has 0 nitrogen and oxygen atoms in total. The van der Waals surface area contributed by atoms with E-state index in [-0.39, 0.29) is 0 Å². The first-order valence-electron chi connectivity index (χ1n) is 3.64. The maximum absolute atomic E-state index is 2.27. The highest BCUT2D eigenvalue weighted by Crippen LogP contribution is 2.13. The molecule has 0 heterocycles. The van der Waals surface area contributed by atoms with Gasteiger partial charge >= 0.3 is 0 Å². The molecule has 0 saturated heterocycles. The highest BCUT2D eigenvalue weighted by Gasteiger charge is 1.94. The zero-order chi connectivity index (χ0) is 6.41. The highest BCUT2D eigenvalue weighted by atomic mass is 28.1. The molecular weight excluding hydrogens is 112 g/mol. The number of rotatable bonds is 4. The van der Waals surface area contributed by atoms with Gasteiger partial charge < -0.3 is 0 Å². The van der Waals surface area contributed by atoms with E-state index in [1.165, 1.54) is 25.7 Å². The van der Waals surface area contributed by atoms with E-state index in [9.17, 15) is 0 Å². The highest BCUT2D eigenvalue weighted by molar-refractivity contribution is 6.11. The molecule has 1 radical (unpaired) electrons. The predicted molar refractivity (Wildman–Crippen MR) is 42.1 cm³/mol. The van der Waals surface area contributed by atoms with E-state index < -0.39 is 0 Å². The number of unbranched alkanes of at least 4 members (excludes halogenated alkanes) is 1. The summed E-state index contributed by atoms with van der Waals surface area (Å²) < 4.78 is 0. The van der Waals surface area contributed by atoms with Crippen LogP contribution in [0.2, 0.25) is 5.54 Å². The summed E-state index contributed by atoms with van der Waals surface area (Å²) >= 11 is 0. The van der Waals surface area contributed by atoms with Crippen LogP contribution in [0.5, 0.6) is 0 Å². The Labute approximate surface area is 56.1 Å². The summed E-state index contributed by atoms with van der Waals surface area (Å²) in [5.41, 5.74) is 0.981. The topological polar surface area (TPSA) is 0 Å². The molecule has 0 fully saturated rings. The average Bonchev–Trinajstić information content (AvgIpc) is 1.83. The molecule has 0 N–H and O–H groups in total. The minimum Gasteiger partial charge on any atom is -0.0654 e. The molecule has 0 saturated carbocycles. The van der Waals surface area contributed by atoms with Crippen molar-refractivity contribution in [2.45, 2.75) is 45.1 Å². The molecule has 0 rings (SSSR count). The Kier molecular flexibility index (Phi) is 5.50. The zero-order valence-electron chi connectivity index (χ0n) is 6.11. The molecule has 0 aliphatic rings. The van der Waals surface area contributed by atoms with Gasteiger partial charge in [0.05, 0.1) is 0 Å². The molecule has 1 heteroatoms. The molecule has 0 amide bonds. The van der Waals surface area contributed by atoms with Gasteiger partial charge in [0.15, 0.2) is 0 Å². The van der Waals surface area contributed by atoms with Crippen LogP contribution in [0.1, 0.15) is 39.5 Å². The summed E-state index contributed by atoms with van der Waals surface area (Å²) in [6.07, 6.45) is 5.57. The fourth-order valence-electron chi connectivity index (χ4n) is 0.697. The first kappa shape index (κ1) is 8.22. The summed E-state index contributed by atoms with van der Waals surface area (Å²) in [5.74, 6) is 0. The molecule has 0 aromatic rings. The van der Waals surface area contributed by atoms with Gasteiger partial charge in [0.25, 0.3) is 0 Å². The largest absolute Gasteiger partial charge is 0.0654 e. The maximum atomic E-state index is 2.27. The third kappa shape index (κ3) is 4.38. The van der Waals surface area contributed by atoms with E-state index in [2.05, 4.69) is 24.1 Å². The van der Waals surface area contributed by atoms with Crippen molar-refractivity contribution in [3.8, 4) is 0 Å². The van der Waals surface area contributed by atoms with Gasteiger partial charge in [0.2, 0.25) is 0 Å². The third-order valence-electron chi connectivity index (χ3n) is 1.54. The van der Waals surface area contributed by atoms with Crippen molar-refractivity contribution in [3.05, 3.63) is 0 Å². The Hall–Kier alpha value is 0.217. The Morgan fingerprint density at radius 1 is 1.38 bits per heavy atom. The van der Waals surface area contributed by atoms with E-state index >= 15 is 0 Å². The van der Waals surface area contributed by atoms with Gasteiger partial charge in [-0.05, 0) is 0 Å². The molecule has 8 heavy (non-hydrogen) atoms. The first-order chi connectivity index (χ1) is 3.81. The fraction of sp³-hybridized carbons (Fsp3) is 1.00. The van der Waals surface area contributed by atoms with E-state index in [1.807, 2.05) is 0 Å². The smallest absolute Gasteiger partial charge is 0.0121 e. The Morgan fingerprint density at radius 3 is 2.38 bits per heavy atom. The second kappa shape index (κ2) is 5.36. The quantitative estimate of drug-likeness (QED) is 0.509. The monoisotopic (exact) mass is 129 g/mol. The molecule has 1 atom stereocenters. The standard InChI is InChI=1S/C7H17Si/c1-3-5-6-7(8)4-2/h7H,3-6,8H2,1-2H3. The van der Waals surface area contributed by atoms with E-state index in [1.54, 1.807) is 0 Å². The molecule has 0 aromatic carbocycles. The summed E-state index contributed by atoms with van der Waals surface area (Å²) in [4.78, 5) is 0. The molecule has 1 unspecified atom stereocenters. The maximum Gasteiger partial charge on any atom is 0.0121 e. The Balaban J connectivity index is 2.86. The predicted octanol–water partition coefficient (Wildman–Crippen LogP) is 2.01. The minimum absolute atomic E-state index is 0.981. The van der Waals surface area contributed by atoms with Gasteiger partial charge in [-0.3, -0.25) is 0 Å². The summed E-state index contributed by atoms with van der Waals surface area (Å²) in [6.45, 7) is 4.53. The number of hydrogen-bond donors (Lipinski definition) is 0. The first-order valence-corrected chi connectivity index (χ1v) is 4.46. The van der Waals surface area contributed by atoms with Crippen LogP contribution in [0.25, 0.3) is 0 Å². The van der Waals surface area contributed by atoms with Crippen LogP contribution in [-0.4, -0.2) is 10.2 Å². The van der Waals surface area contributed by atoms with Gasteiger partial charge in [-0.2, -0.15) is 0 Å². The van der Waals surface area contributed by atoms with Crippen LogP contribution >= 0.6 is 0 Å². The summed E-state index contributed by atoms with van der Waals surface area (Å²) in [6, 6.07) is 0. The normalized spacial score (nSPS) is 13.9. The average molecular weight is 129 g/mol. The third-order valence-corrected chi connectivity index (χ3v) is 2.53. The molecular formula is C7H17Si. The van der Waals surface area contributed by atoms with Crippen molar-refractivity contribution in [1.29, 1.82) is 0 Å². The lowest BCUT2D eigenvalue weighted by molar-refractivity contribution is 0.655. The zero-order valence-corrected chi connectivity index (χ0v) is 7.53. The van der Waals surface area contributed by atoms with Gasteiger partial charge in [-0.15, -0.1) is 0 Å². The van der Waals surface area contributed by atoms with Gasteiger partial charge in [-0.1, -0.05) is 45.1 Å². The summed E-state index contributed by atoms with van der Waals surface area (Å²) in [7, 11) is 2.14. The van der Waals surface area contributed by atoms with Crippen LogP contribution in [-0.2, 0) is 0 Å². The fourth-order valence-corrected chi connectivity index (χ4v) is 0.986. The van der Waals surface area contributed by atoms with Crippen molar-refractivity contribution in [2.75, 3.05) is 0 Å². The van der Waals surface area contributed by atoms with Crippen LogP contribution in [0.15, 0.2) is 0 Å². The van der Waals surface area contributed by atoms with Crippen LogP contribution in [0, 0.1) is 0 Å². The van der Waals surface area contributed by atoms with Gasteiger partial charge in [-0.25, -0.2) is 0 Å². The van der Waals surface area contributed by atoms with Gasteiger partial charge in [0.1, 0.15) is 0 Å². The second-order valence-corrected chi connectivity index (χ2v) is 3.57. The Morgan fingerprint density at radius 2 is 2.00 bits per heavy atom. The summed E-state index contributed by atoms with van der Waals surface area (Å²) in [5, 5.41) is 0. The van der Waals surface area contributed by atoms with E-state index in [0.29, 0.717) is 0 Å². The van der Waals surface area contributed by atoms with Crippen molar-refractivity contribution in [2.24, 2.45) is 0 Å². The Bertz CT molecular complexity index is 43.7. The van der Waals surface area contributed by atoms with Crippen LogP contribution in [0.4, 0.5) is 0 Å². The van der Waals surface area contributed by atoms with Gasteiger partial charge in [0, 0.05) is 10.2 Å². The van der Waals surface area contributed by atoms with E-state index in [0.717, 1.165) is 5.54 Å². The van der Waals surface area contributed by atoms with Crippen molar-refractivity contribution >= 4 is 10.2 Å². The van der Waals surface area contributed by atoms with Crippen molar-refractivity contribution < 1.29 is 0 Å². The lowest BCUT2D eigenvalue weighted by Gasteiger charge is -2.04. The molecule has 0 bridgehead atoms. The molecule has 0 spiro atoms. The minimum atomic E-state index is 0.981.